The van der Waals surface area contributed by atoms with Crippen LogP contribution in [0, 0.1) is 17.3 Å². The Hall–Kier alpha value is -2.62. The molecule has 0 fully saturated rings. The number of rotatable bonds is 3. The molecular weight excluding hydrogens is 288 g/mol. The number of pyridine rings is 1. The predicted octanol–water partition coefficient (Wildman–Crippen LogP) is 3.85. The molecule has 0 N–H and O–H groups in total. The molecule has 0 saturated heterocycles. The molecule has 0 saturated carbocycles. The number of benzene rings is 1. The first kappa shape index (κ1) is 14.8. The molecule has 0 radical (unpaired) electrons. The Labute approximate surface area is 117 Å². The molecule has 21 heavy (non-hydrogen) atoms. The molecule has 0 unspecified atom stereocenters. The van der Waals surface area contributed by atoms with Crippen molar-refractivity contribution in [3.63, 3.8) is 0 Å². The van der Waals surface area contributed by atoms with Gasteiger partial charge >= 0.3 is 6.36 Å². The smallest absolute Gasteiger partial charge is 0.406 e. The maximum absolute atomic E-state index is 13.8. The third-order valence-corrected chi connectivity index (χ3v) is 2.62. The van der Waals surface area contributed by atoms with Gasteiger partial charge < -0.3 is 4.74 Å². The van der Waals surface area contributed by atoms with Crippen molar-refractivity contribution in [2.45, 2.75) is 12.8 Å². The second-order valence-corrected chi connectivity index (χ2v) is 4.05. The van der Waals surface area contributed by atoms with E-state index >= 15 is 0 Å². The van der Waals surface area contributed by atoms with Crippen molar-refractivity contribution < 1.29 is 22.3 Å². The van der Waals surface area contributed by atoms with Crippen LogP contribution in [-0.4, -0.2) is 11.3 Å². The normalized spacial score (nSPS) is 11.0. The van der Waals surface area contributed by atoms with Crippen LogP contribution >= 0.6 is 0 Å². The molecule has 0 spiro atoms. The van der Waals surface area contributed by atoms with Crippen LogP contribution < -0.4 is 4.74 Å². The zero-order valence-corrected chi connectivity index (χ0v) is 10.5. The molecule has 2 rings (SSSR count). The highest BCUT2D eigenvalue weighted by Crippen LogP contribution is 2.31. The van der Waals surface area contributed by atoms with Crippen molar-refractivity contribution in [1.82, 2.24) is 4.98 Å². The fourth-order valence-corrected chi connectivity index (χ4v) is 1.86. The highest BCUT2D eigenvalue weighted by atomic mass is 19.4. The van der Waals surface area contributed by atoms with E-state index in [0.717, 1.165) is 12.1 Å². The standard InChI is InChI=1S/C14H8F4N2O/c15-13-12(9(4-6-19)5-7-20-13)10-2-1-3-11(8-10)21-14(16,17)18/h1-3,5,7-8H,4H2. The number of nitrogens with zero attached hydrogens (tertiary/aromatic N) is 2. The Bertz CT molecular complexity index is 692. The van der Waals surface area contributed by atoms with Crippen LogP contribution in [-0.2, 0) is 6.42 Å². The molecule has 1 heterocycles. The molecule has 7 heteroatoms. The Morgan fingerprint density at radius 3 is 2.67 bits per heavy atom. The summed E-state index contributed by atoms with van der Waals surface area (Å²) < 4.78 is 54.3. The Morgan fingerprint density at radius 2 is 2.00 bits per heavy atom. The summed E-state index contributed by atoms with van der Waals surface area (Å²) >= 11 is 0. The number of halogens is 4. The molecule has 0 amide bonds. The molecule has 0 atom stereocenters. The van der Waals surface area contributed by atoms with Crippen LogP contribution in [0.5, 0.6) is 5.75 Å². The van der Waals surface area contributed by atoms with Gasteiger partial charge in [-0.05, 0) is 29.3 Å². The number of hydrogen-bond acceptors (Lipinski definition) is 3. The highest BCUT2D eigenvalue weighted by molar-refractivity contribution is 5.68. The summed E-state index contributed by atoms with van der Waals surface area (Å²) in [6, 6.07) is 8.19. The first-order valence-electron chi connectivity index (χ1n) is 5.77. The van der Waals surface area contributed by atoms with Gasteiger partial charge in [0.05, 0.1) is 12.5 Å². The largest absolute Gasteiger partial charge is 0.573 e. The van der Waals surface area contributed by atoms with Crippen molar-refractivity contribution in [3.05, 3.63) is 48.0 Å². The average molecular weight is 296 g/mol. The summed E-state index contributed by atoms with van der Waals surface area (Å²) in [7, 11) is 0. The van der Waals surface area contributed by atoms with Gasteiger partial charge in [-0.2, -0.15) is 9.65 Å². The van der Waals surface area contributed by atoms with Crippen molar-refractivity contribution in [3.8, 4) is 22.9 Å². The summed E-state index contributed by atoms with van der Waals surface area (Å²) in [4.78, 5) is 3.46. The highest BCUT2D eigenvalue weighted by Gasteiger charge is 2.31. The van der Waals surface area contributed by atoms with Gasteiger partial charge in [-0.1, -0.05) is 12.1 Å². The van der Waals surface area contributed by atoms with Gasteiger partial charge in [0.25, 0.3) is 0 Å². The summed E-state index contributed by atoms with van der Waals surface area (Å²) in [6.45, 7) is 0. The molecule has 108 valence electrons. The zero-order chi connectivity index (χ0) is 15.5. The van der Waals surface area contributed by atoms with E-state index in [-0.39, 0.29) is 17.5 Å². The monoisotopic (exact) mass is 296 g/mol. The van der Waals surface area contributed by atoms with Gasteiger partial charge in [0, 0.05) is 11.8 Å². The summed E-state index contributed by atoms with van der Waals surface area (Å²) in [5.41, 5.74) is 0.494. The minimum absolute atomic E-state index is 0.00771. The summed E-state index contributed by atoms with van der Waals surface area (Å²) in [5, 5.41) is 8.72. The lowest BCUT2D eigenvalue weighted by atomic mass is 10.00. The fourth-order valence-electron chi connectivity index (χ4n) is 1.86. The van der Waals surface area contributed by atoms with E-state index < -0.39 is 18.1 Å². The maximum Gasteiger partial charge on any atom is 0.573 e. The van der Waals surface area contributed by atoms with Crippen LogP contribution in [0.1, 0.15) is 5.56 Å². The molecule has 3 nitrogen and oxygen atoms in total. The van der Waals surface area contributed by atoms with Gasteiger partial charge in [-0.25, -0.2) is 4.98 Å². The van der Waals surface area contributed by atoms with E-state index in [1.807, 2.05) is 6.07 Å². The first-order chi connectivity index (χ1) is 9.90. The lowest BCUT2D eigenvalue weighted by molar-refractivity contribution is -0.274. The van der Waals surface area contributed by atoms with E-state index in [1.165, 1.54) is 24.4 Å². The van der Waals surface area contributed by atoms with E-state index in [0.29, 0.717) is 5.56 Å². The minimum Gasteiger partial charge on any atom is -0.406 e. The molecular formula is C14H8F4N2O. The number of nitriles is 1. The van der Waals surface area contributed by atoms with E-state index in [1.54, 1.807) is 0 Å². The van der Waals surface area contributed by atoms with Crippen LogP contribution in [0.2, 0.25) is 0 Å². The lowest BCUT2D eigenvalue weighted by Crippen LogP contribution is -2.17. The van der Waals surface area contributed by atoms with Crippen LogP contribution in [0.15, 0.2) is 36.5 Å². The van der Waals surface area contributed by atoms with Crippen molar-refractivity contribution in [2.75, 3.05) is 0 Å². The van der Waals surface area contributed by atoms with E-state index in [4.69, 9.17) is 5.26 Å². The van der Waals surface area contributed by atoms with E-state index in [2.05, 4.69) is 9.72 Å². The molecule has 2 aromatic rings. The van der Waals surface area contributed by atoms with Gasteiger partial charge in [-0.3, -0.25) is 0 Å². The van der Waals surface area contributed by atoms with Crippen molar-refractivity contribution >= 4 is 0 Å². The fraction of sp³-hybridized carbons (Fsp3) is 0.143. The SMILES string of the molecule is N#CCc1ccnc(F)c1-c1cccc(OC(F)(F)F)c1. The lowest BCUT2D eigenvalue weighted by Gasteiger charge is -2.12. The number of ether oxygens (including phenoxy) is 1. The Morgan fingerprint density at radius 1 is 1.24 bits per heavy atom. The van der Waals surface area contributed by atoms with Crippen molar-refractivity contribution in [1.29, 1.82) is 5.26 Å². The van der Waals surface area contributed by atoms with Gasteiger partial charge in [0.1, 0.15) is 5.75 Å². The molecule has 0 aliphatic rings. The minimum atomic E-state index is -4.83. The summed E-state index contributed by atoms with van der Waals surface area (Å²) in [6.07, 6.45) is -3.72. The number of aromatic nitrogens is 1. The van der Waals surface area contributed by atoms with Crippen LogP contribution in [0.4, 0.5) is 17.6 Å². The average Bonchev–Trinajstić information content (AvgIpc) is 2.37. The topological polar surface area (TPSA) is 45.9 Å². The molecule has 0 bridgehead atoms. The Balaban J connectivity index is 2.48. The third-order valence-electron chi connectivity index (χ3n) is 2.62. The van der Waals surface area contributed by atoms with Crippen molar-refractivity contribution in [2.24, 2.45) is 0 Å². The van der Waals surface area contributed by atoms with Crippen LogP contribution in [0.25, 0.3) is 11.1 Å². The number of alkyl halides is 3. The van der Waals surface area contributed by atoms with Gasteiger partial charge in [0.2, 0.25) is 5.95 Å². The second-order valence-electron chi connectivity index (χ2n) is 4.05. The molecule has 1 aromatic heterocycles. The second kappa shape index (κ2) is 5.79. The zero-order valence-electron chi connectivity index (χ0n) is 10.5. The molecule has 1 aromatic carbocycles. The molecule has 0 aliphatic carbocycles. The van der Waals surface area contributed by atoms with Crippen LogP contribution in [0.3, 0.4) is 0 Å². The Kier molecular flexibility index (Phi) is 4.08. The van der Waals surface area contributed by atoms with Gasteiger partial charge in [0.15, 0.2) is 0 Å². The summed E-state index contributed by atoms with van der Waals surface area (Å²) in [5.74, 6) is -1.32. The first-order valence-corrected chi connectivity index (χ1v) is 5.77. The quantitative estimate of drug-likeness (QED) is 0.638. The predicted molar refractivity (Wildman–Crippen MR) is 65.6 cm³/mol. The maximum atomic E-state index is 13.8. The van der Waals surface area contributed by atoms with E-state index in [9.17, 15) is 17.6 Å². The molecule has 0 aliphatic heterocycles. The number of hydrogen-bond donors (Lipinski definition) is 0. The third kappa shape index (κ3) is 3.69. The van der Waals surface area contributed by atoms with Gasteiger partial charge in [-0.15, -0.1) is 13.2 Å².